The van der Waals surface area contributed by atoms with Crippen molar-refractivity contribution in [3.63, 3.8) is 0 Å². The molecule has 2 fully saturated rings. The van der Waals surface area contributed by atoms with Crippen LogP contribution in [0.25, 0.3) is 0 Å². The molecule has 1 aliphatic carbocycles. The van der Waals surface area contributed by atoms with E-state index in [4.69, 9.17) is 0 Å². The third kappa shape index (κ3) is 3.18. The molecule has 0 unspecified atom stereocenters. The Labute approximate surface area is 119 Å². The van der Waals surface area contributed by atoms with Gasteiger partial charge in [-0.2, -0.15) is 0 Å². The Kier molecular flexibility index (Phi) is 4.01. The molecule has 1 N–H and O–H groups in total. The Morgan fingerprint density at radius 2 is 2.05 bits per heavy atom. The summed E-state index contributed by atoms with van der Waals surface area (Å²) < 4.78 is 13.2. The number of hydrogen-bond donors (Lipinski definition) is 1. The molecule has 3 rings (SSSR count). The largest absolute Gasteiger partial charge is 0.337 e. The lowest BCUT2D eigenvalue weighted by atomic mass is 10.2. The highest BCUT2D eigenvalue weighted by Crippen LogP contribution is 2.21. The van der Waals surface area contributed by atoms with Gasteiger partial charge in [0, 0.05) is 31.6 Å². The van der Waals surface area contributed by atoms with Crippen molar-refractivity contribution in [3.05, 3.63) is 35.6 Å². The van der Waals surface area contributed by atoms with Gasteiger partial charge in [0.15, 0.2) is 0 Å². The minimum absolute atomic E-state index is 0.171. The second-order valence-corrected chi connectivity index (χ2v) is 5.95. The van der Waals surface area contributed by atoms with Crippen LogP contribution in [0, 0.1) is 5.82 Å². The van der Waals surface area contributed by atoms with Gasteiger partial charge in [-0.15, -0.1) is 0 Å². The van der Waals surface area contributed by atoms with Gasteiger partial charge in [0.2, 0.25) is 5.91 Å². The number of carbonyl (C=O) groups is 1. The standard InChI is InChI=1S/C16H21FN2O/c17-13-5-3-4-12(8-13)10-19-11-15(9-16(19)20)18-14-6-1-2-7-14/h3-5,8,14-15,18H,1-2,6-7,9-11H2/t15-/m1/s1. The Hall–Kier alpha value is -1.42. The molecule has 1 saturated heterocycles. The van der Waals surface area contributed by atoms with Gasteiger partial charge in [-0.05, 0) is 30.5 Å². The van der Waals surface area contributed by atoms with Crippen molar-refractivity contribution >= 4 is 5.91 Å². The van der Waals surface area contributed by atoms with E-state index in [-0.39, 0.29) is 17.8 Å². The van der Waals surface area contributed by atoms with Crippen molar-refractivity contribution in [1.29, 1.82) is 0 Å². The normalized spacial score (nSPS) is 23.8. The Morgan fingerprint density at radius 3 is 2.80 bits per heavy atom. The molecule has 0 spiro atoms. The van der Waals surface area contributed by atoms with E-state index in [1.54, 1.807) is 6.07 Å². The molecule has 108 valence electrons. The second-order valence-electron chi connectivity index (χ2n) is 5.95. The molecule has 1 aromatic rings. The van der Waals surface area contributed by atoms with Gasteiger partial charge in [-0.3, -0.25) is 4.79 Å². The van der Waals surface area contributed by atoms with Crippen LogP contribution in [0.1, 0.15) is 37.7 Å². The third-order valence-electron chi connectivity index (χ3n) is 4.30. The maximum absolute atomic E-state index is 13.2. The van der Waals surface area contributed by atoms with Gasteiger partial charge in [0.25, 0.3) is 0 Å². The minimum atomic E-state index is -0.241. The smallest absolute Gasteiger partial charge is 0.224 e. The predicted molar refractivity (Wildman–Crippen MR) is 75.6 cm³/mol. The summed E-state index contributed by atoms with van der Waals surface area (Å²) in [5, 5.41) is 3.60. The summed E-state index contributed by atoms with van der Waals surface area (Å²) >= 11 is 0. The van der Waals surface area contributed by atoms with E-state index >= 15 is 0 Å². The van der Waals surface area contributed by atoms with Gasteiger partial charge in [-0.25, -0.2) is 4.39 Å². The van der Waals surface area contributed by atoms with Gasteiger partial charge in [0.05, 0.1) is 0 Å². The first kappa shape index (κ1) is 13.6. The summed E-state index contributed by atoms with van der Waals surface area (Å²) in [5.74, 6) is -0.0699. The molecule has 1 aliphatic heterocycles. The summed E-state index contributed by atoms with van der Waals surface area (Å²) in [6.45, 7) is 1.26. The first-order valence-electron chi connectivity index (χ1n) is 7.49. The number of hydrogen-bond acceptors (Lipinski definition) is 2. The third-order valence-corrected chi connectivity index (χ3v) is 4.30. The van der Waals surface area contributed by atoms with E-state index in [1.807, 2.05) is 11.0 Å². The summed E-state index contributed by atoms with van der Waals surface area (Å²) in [5.41, 5.74) is 0.861. The maximum Gasteiger partial charge on any atom is 0.224 e. The number of nitrogens with one attached hydrogen (secondary N) is 1. The Balaban J connectivity index is 1.56. The molecule has 0 radical (unpaired) electrons. The molecule has 3 nitrogen and oxygen atoms in total. The molecular weight excluding hydrogens is 255 g/mol. The van der Waals surface area contributed by atoms with Crippen molar-refractivity contribution in [2.45, 2.75) is 50.7 Å². The molecule has 1 heterocycles. The number of rotatable bonds is 4. The maximum atomic E-state index is 13.2. The van der Waals surface area contributed by atoms with E-state index in [0.717, 1.165) is 12.1 Å². The second kappa shape index (κ2) is 5.92. The lowest BCUT2D eigenvalue weighted by Gasteiger charge is -2.20. The summed E-state index contributed by atoms with van der Waals surface area (Å²) in [6.07, 6.45) is 5.63. The predicted octanol–water partition coefficient (Wildman–Crippen LogP) is 2.46. The summed E-state index contributed by atoms with van der Waals surface area (Å²) in [6, 6.07) is 7.35. The van der Waals surface area contributed by atoms with Crippen LogP contribution in [0.15, 0.2) is 24.3 Å². The van der Waals surface area contributed by atoms with Crippen LogP contribution in [0.5, 0.6) is 0 Å². The van der Waals surface area contributed by atoms with E-state index in [0.29, 0.717) is 19.0 Å². The van der Waals surface area contributed by atoms with E-state index in [2.05, 4.69) is 5.32 Å². The average Bonchev–Trinajstić information content (AvgIpc) is 3.01. The quantitative estimate of drug-likeness (QED) is 0.916. The van der Waals surface area contributed by atoms with Crippen molar-refractivity contribution in [2.24, 2.45) is 0 Å². The number of benzene rings is 1. The zero-order valence-corrected chi connectivity index (χ0v) is 11.6. The average molecular weight is 276 g/mol. The fourth-order valence-electron chi connectivity index (χ4n) is 3.32. The van der Waals surface area contributed by atoms with Gasteiger partial charge in [-0.1, -0.05) is 25.0 Å². The molecule has 1 saturated carbocycles. The van der Waals surface area contributed by atoms with Crippen LogP contribution >= 0.6 is 0 Å². The molecule has 1 aromatic carbocycles. The number of likely N-dealkylation sites (tertiary alicyclic amines) is 1. The van der Waals surface area contributed by atoms with Gasteiger partial charge >= 0.3 is 0 Å². The fourth-order valence-corrected chi connectivity index (χ4v) is 3.32. The van der Waals surface area contributed by atoms with Gasteiger partial charge in [0.1, 0.15) is 5.82 Å². The van der Waals surface area contributed by atoms with Crippen LogP contribution < -0.4 is 5.32 Å². The first-order chi connectivity index (χ1) is 9.70. The molecule has 20 heavy (non-hydrogen) atoms. The number of nitrogens with zero attached hydrogens (tertiary/aromatic N) is 1. The first-order valence-corrected chi connectivity index (χ1v) is 7.49. The van der Waals surface area contributed by atoms with Crippen LogP contribution in [0.3, 0.4) is 0 Å². The highest BCUT2D eigenvalue weighted by Gasteiger charge is 2.31. The molecular formula is C16H21FN2O. The lowest BCUT2D eigenvalue weighted by Crippen LogP contribution is -2.38. The van der Waals surface area contributed by atoms with Crippen LogP contribution in [-0.2, 0) is 11.3 Å². The van der Waals surface area contributed by atoms with Crippen molar-refractivity contribution in [1.82, 2.24) is 10.2 Å². The Morgan fingerprint density at radius 1 is 1.25 bits per heavy atom. The zero-order valence-electron chi connectivity index (χ0n) is 11.6. The highest BCUT2D eigenvalue weighted by atomic mass is 19.1. The van der Waals surface area contributed by atoms with Crippen molar-refractivity contribution < 1.29 is 9.18 Å². The Bertz CT molecular complexity index is 485. The fraction of sp³-hybridized carbons (Fsp3) is 0.562. The summed E-state index contributed by atoms with van der Waals surface area (Å²) in [7, 11) is 0. The van der Waals surface area contributed by atoms with E-state index in [9.17, 15) is 9.18 Å². The lowest BCUT2D eigenvalue weighted by molar-refractivity contribution is -0.128. The topological polar surface area (TPSA) is 32.3 Å². The van der Waals surface area contributed by atoms with Gasteiger partial charge < -0.3 is 10.2 Å². The van der Waals surface area contributed by atoms with Crippen LogP contribution in [0.2, 0.25) is 0 Å². The molecule has 1 amide bonds. The molecule has 0 aromatic heterocycles. The molecule has 0 bridgehead atoms. The molecule has 2 aliphatic rings. The highest BCUT2D eigenvalue weighted by molar-refractivity contribution is 5.79. The van der Waals surface area contributed by atoms with E-state index < -0.39 is 0 Å². The number of carbonyl (C=O) groups excluding carboxylic acids is 1. The number of amides is 1. The SMILES string of the molecule is O=C1C[C@@H](NC2CCCC2)CN1Cc1cccc(F)c1. The monoisotopic (exact) mass is 276 g/mol. The van der Waals surface area contributed by atoms with Crippen molar-refractivity contribution in [2.75, 3.05) is 6.54 Å². The van der Waals surface area contributed by atoms with Crippen LogP contribution in [0.4, 0.5) is 4.39 Å². The zero-order chi connectivity index (χ0) is 13.9. The minimum Gasteiger partial charge on any atom is -0.337 e. The molecule has 4 heteroatoms. The summed E-state index contributed by atoms with van der Waals surface area (Å²) in [4.78, 5) is 13.9. The van der Waals surface area contributed by atoms with Crippen molar-refractivity contribution in [3.8, 4) is 0 Å². The van der Waals surface area contributed by atoms with Crippen LogP contribution in [-0.4, -0.2) is 29.4 Å². The van der Waals surface area contributed by atoms with E-state index in [1.165, 1.54) is 37.8 Å². The number of halogens is 1. The molecule has 1 atom stereocenters.